The molecule has 130 valence electrons. The average molecular weight is 339 g/mol. The first kappa shape index (κ1) is 15.6. The van der Waals surface area contributed by atoms with E-state index in [1.165, 1.54) is 0 Å². The van der Waals surface area contributed by atoms with Crippen LogP contribution in [0.1, 0.15) is 23.3 Å². The van der Waals surface area contributed by atoms with Crippen molar-refractivity contribution in [3.05, 3.63) is 36.3 Å². The normalized spacial score (nSPS) is 15.7. The number of aromatic nitrogens is 5. The van der Waals surface area contributed by atoms with E-state index in [1.54, 1.807) is 30.2 Å². The predicted molar refractivity (Wildman–Crippen MR) is 94.4 cm³/mol. The van der Waals surface area contributed by atoms with Crippen LogP contribution in [0.3, 0.4) is 0 Å². The summed E-state index contributed by atoms with van der Waals surface area (Å²) in [5, 5.41) is 7.23. The number of fused-ring (bicyclic) bond motifs is 1. The number of rotatable bonds is 3. The van der Waals surface area contributed by atoms with Gasteiger partial charge in [0.15, 0.2) is 5.65 Å². The van der Waals surface area contributed by atoms with E-state index in [4.69, 9.17) is 4.98 Å². The van der Waals surface area contributed by atoms with Crippen molar-refractivity contribution in [2.45, 2.75) is 18.9 Å². The highest BCUT2D eigenvalue weighted by Gasteiger charge is 2.24. The number of amides is 1. The minimum atomic E-state index is -0.106. The van der Waals surface area contributed by atoms with Gasteiger partial charge >= 0.3 is 0 Å². The first-order valence-corrected chi connectivity index (χ1v) is 8.45. The van der Waals surface area contributed by atoms with Crippen molar-refractivity contribution in [1.29, 1.82) is 0 Å². The summed E-state index contributed by atoms with van der Waals surface area (Å²) in [4.78, 5) is 23.6. The lowest BCUT2D eigenvalue weighted by atomic mass is 10.1. The largest absolute Gasteiger partial charge is 0.348 e. The third-order valence-electron chi connectivity index (χ3n) is 4.66. The van der Waals surface area contributed by atoms with Crippen molar-refractivity contribution in [2.24, 2.45) is 14.1 Å². The van der Waals surface area contributed by atoms with E-state index in [-0.39, 0.29) is 11.9 Å². The first-order chi connectivity index (χ1) is 12.1. The number of carbonyl (C=O) groups is 1. The van der Waals surface area contributed by atoms with E-state index in [2.05, 4.69) is 20.3 Å². The van der Waals surface area contributed by atoms with Gasteiger partial charge in [-0.2, -0.15) is 5.10 Å². The molecule has 4 rings (SSSR count). The molecule has 0 spiro atoms. The topological polar surface area (TPSA) is 80.9 Å². The Morgan fingerprint density at radius 2 is 2.04 bits per heavy atom. The number of hydrogen-bond acceptors (Lipinski definition) is 5. The van der Waals surface area contributed by atoms with E-state index in [9.17, 15) is 4.79 Å². The molecular weight excluding hydrogens is 318 g/mol. The van der Waals surface area contributed by atoms with Crippen LogP contribution >= 0.6 is 0 Å². The standard InChI is InChI=1S/C17H21N7O/c1-22-9-7-14(21-22)16(25)19-12-5-10-24(11-6-12)17-20-13-4-3-8-18-15(13)23(17)2/h3-4,7-9,12H,5-6,10-11H2,1-2H3,(H,19,25). The van der Waals surface area contributed by atoms with Crippen molar-refractivity contribution in [1.82, 2.24) is 29.6 Å². The maximum absolute atomic E-state index is 12.2. The first-order valence-electron chi connectivity index (χ1n) is 8.45. The highest BCUT2D eigenvalue weighted by atomic mass is 16.2. The summed E-state index contributed by atoms with van der Waals surface area (Å²) in [6, 6.07) is 5.78. The second-order valence-electron chi connectivity index (χ2n) is 6.43. The number of carbonyl (C=O) groups excluding carboxylic acids is 1. The summed E-state index contributed by atoms with van der Waals surface area (Å²) in [6.07, 6.45) is 5.33. The molecule has 1 fully saturated rings. The minimum Gasteiger partial charge on any atom is -0.348 e. The Labute approximate surface area is 145 Å². The molecule has 1 aliphatic heterocycles. The number of hydrogen-bond donors (Lipinski definition) is 1. The molecule has 8 heteroatoms. The van der Waals surface area contributed by atoms with E-state index < -0.39 is 0 Å². The molecule has 3 aromatic heterocycles. The fourth-order valence-corrected chi connectivity index (χ4v) is 3.31. The maximum atomic E-state index is 12.2. The molecular formula is C17H21N7O. The number of piperidine rings is 1. The second kappa shape index (κ2) is 6.19. The lowest BCUT2D eigenvalue weighted by Gasteiger charge is -2.32. The Morgan fingerprint density at radius 1 is 1.24 bits per heavy atom. The molecule has 1 saturated heterocycles. The van der Waals surface area contributed by atoms with Gasteiger partial charge in [0.25, 0.3) is 5.91 Å². The lowest BCUT2D eigenvalue weighted by Crippen LogP contribution is -2.45. The molecule has 0 aliphatic carbocycles. The number of pyridine rings is 1. The number of aryl methyl sites for hydroxylation is 2. The third kappa shape index (κ3) is 2.95. The molecule has 1 N–H and O–H groups in total. The zero-order valence-corrected chi connectivity index (χ0v) is 14.4. The smallest absolute Gasteiger partial charge is 0.271 e. The molecule has 25 heavy (non-hydrogen) atoms. The summed E-state index contributed by atoms with van der Waals surface area (Å²) < 4.78 is 3.67. The Hall–Kier alpha value is -2.90. The van der Waals surface area contributed by atoms with Crippen LogP contribution < -0.4 is 10.2 Å². The van der Waals surface area contributed by atoms with E-state index in [0.717, 1.165) is 43.0 Å². The average Bonchev–Trinajstić information content (AvgIpc) is 3.20. The highest BCUT2D eigenvalue weighted by molar-refractivity contribution is 5.92. The number of nitrogens with one attached hydrogen (secondary N) is 1. The van der Waals surface area contributed by atoms with Crippen LogP contribution in [0.4, 0.5) is 5.95 Å². The van der Waals surface area contributed by atoms with Crippen molar-refractivity contribution >= 4 is 23.0 Å². The van der Waals surface area contributed by atoms with E-state index in [0.29, 0.717) is 5.69 Å². The van der Waals surface area contributed by atoms with Crippen LogP contribution in [0.2, 0.25) is 0 Å². The van der Waals surface area contributed by atoms with Crippen molar-refractivity contribution < 1.29 is 4.79 Å². The second-order valence-corrected chi connectivity index (χ2v) is 6.43. The summed E-state index contributed by atoms with van der Waals surface area (Å²) in [7, 11) is 3.80. The van der Waals surface area contributed by atoms with Gasteiger partial charge in [0.1, 0.15) is 11.2 Å². The zero-order valence-electron chi connectivity index (χ0n) is 14.4. The van der Waals surface area contributed by atoms with Crippen LogP contribution in [0, 0.1) is 0 Å². The van der Waals surface area contributed by atoms with Gasteiger partial charge in [-0.3, -0.25) is 14.0 Å². The summed E-state index contributed by atoms with van der Waals surface area (Å²) in [6.45, 7) is 1.70. The number of imidazole rings is 1. The van der Waals surface area contributed by atoms with Gasteiger partial charge in [-0.1, -0.05) is 0 Å². The summed E-state index contributed by atoms with van der Waals surface area (Å²) in [5.41, 5.74) is 2.26. The molecule has 0 unspecified atom stereocenters. The fourth-order valence-electron chi connectivity index (χ4n) is 3.31. The van der Waals surface area contributed by atoms with Crippen molar-refractivity contribution in [3.63, 3.8) is 0 Å². The zero-order chi connectivity index (χ0) is 17.4. The van der Waals surface area contributed by atoms with E-state index in [1.807, 2.05) is 23.7 Å². The number of anilines is 1. The Kier molecular flexibility index (Phi) is 3.87. The SMILES string of the molecule is Cn1ccc(C(=O)NC2CCN(c3nc4cccnc4n3C)CC2)n1. The van der Waals surface area contributed by atoms with Crippen molar-refractivity contribution in [2.75, 3.05) is 18.0 Å². The molecule has 8 nitrogen and oxygen atoms in total. The Bertz CT molecular complexity index is 905. The summed E-state index contributed by atoms with van der Waals surface area (Å²) in [5.74, 6) is 0.828. The van der Waals surface area contributed by atoms with Gasteiger partial charge in [-0.05, 0) is 31.0 Å². The highest BCUT2D eigenvalue weighted by Crippen LogP contribution is 2.22. The molecule has 1 aliphatic rings. The number of nitrogens with zero attached hydrogens (tertiary/aromatic N) is 6. The monoisotopic (exact) mass is 339 g/mol. The predicted octanol–water partition coefficient (Wildman–Crippen LogP) is 1.10. The third-order valence-corrected chi connectivity index (χ3v) is 4.66. The molecule has 0 atom stereocenters. The minimum absolute atomic E-state index is 0.106. The molecule has 3 aromatic rings. The molecule has 4 heterocycles. The van der Waals surface area contributed by atoms with Crippen LogP contribution in [-0.4, -0.2) is 49.4 Å². The van der Waals surface area contributed by atoms with Gasteiger partial charge in [0.2, 0.25) is 5.95 Å². The van der Waals surface area contributed by atoms with Crippen molar-refractivity contribution in [3.8, 4) is 0 Å². The molecule has 0 radical (unpaired) electrons. The van der Waals surface area contributed by atoms with Crippen LogP contribution in [-0.2, 0) is 14.1 Å². The van der Waals surface area contributed by atoms with E-state index >= 15 is 0 Å². The van der Waals surface area contributed by atoms with Gasteiger partial charge in [0.05, 0.1) is 0 Å². The van der Waals surface area contributed by atoms with Gasteiger partial charge in [-0.15, -0.1) is 0 Å². The quantitative estimate of drug-likeness (QED) is 0.773. The maximum Gasteiger partial charge on any atom is 0.271 e. The summed E-state index contributed by atoms with van der Waals surface area (Å²) >= 11 is 0. The van der Waals surface area contributed by atoms with Crippen LogP contribution in [0.15, 0.2) is 30.6 Å². The lowest BCUT2D eigenvalue weighted by molar-refractivity contribution is 0.0925. The van der Waals surface area contributed by atoms with Gasteiger partial charge in [-0.25, -0.2) is 9.97 Å². The molecule has 1 amide bonds. The molecule has 0 saturated carbocycles. The van der Waals surface area contributed by atoms with Gasteiger partial charge < -0.3 is 10.2 Å². The Morgan fingerprint density at radius 3 is 2.72 bits per heavy atom. The Balaban J connectivity index is 1.41. The van der Waals surface area contributed by atoms with Crippen LogP contribution in [0.5, 0.6) is 0 Å². The van der Waals surface area contributed by atoms with Gasteiger partial charge in [0, 0.05) is 45.6 Å². The molecule has 0 bridgehead atoms. The molecule has 0 aromatic carbocycles. The van der Waals surface area contributed by atoms with Crippen LogP contribution in [0.25, 0.3) is 11.2 Å². The fraction of sp³-hybridized carbons (Fsp3) is 0.412.